The van der Waals surface area contributed by atoms with Crippen molar-refractivity contribution in [3.63, 3.8) is 0 Å². The molecule has 1 aromatic carbocycles. The van der Waals surface area contributed by atoms with Crippen LogP contribution in [0.15, 0.2) is 22.5 Å². The molecule has 0 saturated heterocycles. The van der Waals surface area contributed by atoms with Gasteiger partial charge in [0.15, 0.2) is 0 Å². The molecule has 9 heteroatoms. The number of aromatic nitrogens is 1. The molecule has 2 rings (SSSR count). The molecule has 0 radical (unpaired) electrons. The van der Waals surface area contributed by atoms with Gasteiger partial charge in [-0.15, -0.1) is 11.3 Å². The van der Waals surface area contributed by atoms with Crippen LogP contribution in [0.5, 0.6) is 0 Å². The molecule has 0 unspecified atom stereocenters. The zero-order chi connectivity index (χ0) is 15.7. The summed E-state index contributed by atoms with van der Waals surface area (Å²) in [5.41, 5.74) is 0.958. The highest BCUT2D eigenvalue weighted by Crippen LogP contribution is 2.28. The smallest absolute Gasteiger partial charge is 0.232 e. The minimum absolute atomic E-state index is 0.0310. The number of rotatable bonds is 6. The highest BCUT2D eigenvalue weighted by atomic mass is 32.2. The van der Waals surface area contributed by atoms with Gasteiger partial charge in [-0.2, -0.15) is 0 Å². The fraction of sp³-hybridized carbons (Fsp3) is 0.417. The Morgan fingerprint density at radius 1 is 1.24 bits per heavy atom. The Bertz CT molecular complexity index is 854. The topological polar surface area (TPSA) is 93.2 Å². The van der Waals surface area contributed by atoms with E-state index in [9.17, 15) is 16.8 Å². The van der Waals surface area contributed by atoms with E-state index >= 15 is 0 Å². The van der Waals surface area contributed by atoms with E-state index in [1.807, 2.05) is 6.92 Å². The highest BCUT2D eigenvalue weighted by Gasteiger charge is 2.15. The monoisotopic (exact) mass is 348 g/mol. The van der Waals surface area contributed by atoms with Crippen molar-refractivity contribution in [2.24, 2.45) is 0 Å². The molecular formula is C12H16N2O4S3. The van der Waals surface area contributed by atoms with Crippen LogP contribution in [0.3, 0.4) is 0 Å². The summed E-state index contributed by atoms with van der Waals surface area (Å²) >= 11 is 1.03. The van der Waals surface area contributed by atoms with Crippen LogP contribution in [0, 0.1) is 0 Å². The summed E-state index contributed by atoms with van der Waals surface area (Å²) in [6, 6.07) is 4.79. The molecule has 0 saturated carbocycles. The SMILES string of the molecule is CCCCS(=O)(=O)Nc1ccc2nc(S(C)(=O)=O)sc2c1. The first-order chi connectivity index (χ1) is 9.71. The molecule has 0 amide bonds. The van der Waals surface area contributed by atoms with Crippen molar-refractivity contribution in [1.82, 2.24) is 4.98 Å². The van der Waals surface area contributed by atoms with Crippen molar-refractivity contribution in [2.75, 3.05) is 16.7 Å². The number of nitrogens with one attached hydrogen (secondary N) is 1. The fourth-order valence-corrected chi connectivity index (χ4v) is 4.82. The van der Waals surface area contributed by atoms with Gasteiger partial charge in [0.1, 0.15) is 0 Å². The van der Waals surface area contributed by atoms with Gasteiger partial charge in [-0.05, 0) is 24.6 Å². The number of benzene rings is 1. The standard InChI is InChI=1S/C12H16N2O4S3/c1-3-4-7-21(17,18)14-9-5-6-10-11(8-9)19-12(13-10)20(2,15)16/h5-6,8,14H,3-4,7H2,1-2H3. The summed E-state index contributed by atoms with van der Waals surface area (Å²) in [6.07, 6.45) is 2.49. The largest absolute Gasteiger partial charge is 0.284 e. The minimum atomic E-state index is -3.37. The summed E-state index contributed by atoms with van der Waals surface area (Å²) in [7, 11) is -6.73. The number of unbranched alkanes of at least 4 members (excludes halogenated alkanes) is 1. The molecule has 116 valence electrons. The van der Waals surface area contributed by atoms with Crippen LogP contribution in [-0.2, 0) is 19.9 Å². The molecule has 1 N–H and O–H groups in total. The molecule has 0 aliphatic rings. The summed E-state index contributed by atoms with van der Waals surface area (Å²) in [4.78, 5) is 4.02. The van der Waals surface area contributed by atoms with Gasteiger partial charge in [0.05, 0.1) is 21.7 Å². The molecule has 21 heavy (non-hydrogen) atoms. The van der Waals surface area contributed by atoms with Crippen molar-refractivity contribution < 1.29 is 16.8 Å². The number of hydrogen-bond donors (Lipinski definition) is 1. The maximum absolute atomic E-state index is 11.8. The number of nitrogens with zero attached hydrogens (tertiary/aromatic N) is 1. The van der Waals surface area contributed by atoms with Crippen molar-refractivity contribution in [3.8, 4) is 0 Å². The van der Waals surface area contributed by atoms with E-state index in [0.717, 1.165) is 24.0 Å². The van der Waals surface area contributed by atoms with Gasteiger partial charge in [-0.1, -0.05) is 13.3 Å². The van der Waals surface area contributed by atoms with Gasteiger partial charge in [-0.3, -0.25) is 4.72 Å². The first kappa shape index (κ1) is 16.2. The van der Waals surface area contributed by atoms with Gasteiger partial charge in [0.2, 0.25) is 24.2 Å². The number of hydrogen-bond acceptors (Lipinski definition) is 6. The predicted molar refractivity (Wildman–Crippen MR) is 85.0 cm³/mol. The van der Waals surface area contributed by atoms with Gasteiger partial charge in [0, 0.05) is 6.26 Å². The summed E-state index contributed by atoms with van der Waals surface area (Å²) in [5, 5.41) is 0. The van der Waals surface area contributed by atoms with Gasteiger partial charge in [0.25, 0.3) is 0 Å². The molecule has 0 fully saturated rings. The normalized spacial score (nSPS) is 12.7. The quantitative estimate of drug-likeness (QED) is 0.864. The minimum Gasteiger partial charge on any atom is -0.284 e. The van der Waals surface area contributed by atoms with E-state index in [1.165, 1.54) is 0 Å². The van der Waals surface area contributed by atoms with E-state index in [1.54, 1.807) is 18.2 Å². The summed E-state index contributed by atoms with van der Waals surface area (Å²) in [6.45, 7) is 1.92. The third-order valence-electron chi connectivity index (χ3n) is 2.73. The van der Waals surface area contributed by atoms with Crippen LogP contribution < -0.4 is 4.72 Å². The Labute approximate surface area is 128 Å². The Kier molecular flexibility index (Phi) is 4.54. The summed E-state index contributed by atoms with van der Waals surface area (Å²) in [5.74, 6) is 0.0683. The van der Waals surface area contributed by atoms with Crippen molar-refractivity contribution in [2.45, 2.75) is 24.1 Å². The van der Waals surface area contributed by atoms with Crippen LogP contribution in [-0.4, -0.2) is 33.8 Å². The van der Waals surface area contributed by atoms with Crippen LogP contribution >= 0.6 is 11.3 Å². The van der Waals surface area contributed by atoms with Gasteiger partial charge >= 0.3 is 0 Å². The van der Waals surface area contributed by atoms with Gasteiger partial charge < -0.3 is 0 Å². The number of anilines is 1. The average Bonchev–Trinajstić information content (AvgIpc) is 2.79. The number of sulfone groups is 1. The van der Waals surface area contributed by atoms with Crippen LogP contribution in [0.25, 0.3) is 10.2 Å². The lowest BCUT2D eigenvalue weighted by Crippen LogP contribution is -2.16. The maximum Gasteiger partial charge on any atom is 0.232 e. The van der Waals surface area contributed by atoms with E-state index in [2.05, 4.69) is 9.71 Å². The molecule has 1 aromatic heterocycles. The Hall–Kier alpha value is -1.19. The molecule has 0 bridgehead atoms. The van der Waals surface area contributed by atoms with Crippen molar-refractivity contribution in [3.05, 3.63) is 18.2 Å². The number of sulfonamides is 1. The second-order valence-corrected chi connectivity index (χ2v) is 9.77. The molecule has 0 aliphatic carbocycles. The Morgan fingerprint density at radius 3 is 2.57 bits per heavy atom. The molecule has 6 nitrogen and oxygen atoms in total. The molecule has 0 aliphatic heterocycles. The third kappa shape index (κ3) is 4.14. The van der Waals surface area contributed by atoms with E-state index < -0.39 is 19.9 Å². The predicted octanol–water partition coefficient (Wildman–Crippen LogP) is 2.24. The zero-order valence-electron chi connectivity index (χ0n) is 11.7. The van der Waals surface area contributed by atoms with Crippen LogP contribution in [0.2, 0.25) is 0 Å². The maximum atomic E-state index is 11.8. The fourth-order valence-electron chi connectivity index (χ4n) is 1.69. The lowest BCUT2D eigenvalue weighted by atomic mass is 10.3. The van der Waals surface area contributed by atoms with Crippen molar-refractivity contribution >= 4 is 47.1 Å². The Morgan fingerprint density at radius 2 is 1.95 bits per heavy atom. The second-order valence-electron chi connectivity index (χ2n) is 4.71. The molecule has 0 spiro atoms. The average molecular weight is 348 g/mol. The molecular weight excluding hydrogens is 332 g/mol. The highest BCUT2D eigenvalue weighted by molar-refractivity contribution is 7.93. The Balaban J connectivity index is 2.31. The number of thiazole rings is 1. The zero-order valence-corrected chi connectivity index (χ0v) is 14.1. The summed E-state index contributed by atoms with van der Waals surface area (Å²) < 4.78 is 49.8. The first-order valence-corrected chi connectivity index (χ1v) is 10.7. The molecule has 0 atom stereocenters. The van der Waals surface area contributed by atoms with Crippen LogP contribution in [0.4, 0.5) is 5.69 Å². The van der Waals surface area contributed by atoms with Gasteiger partial charge in [-0.25, -0.2) is 21.8 Å². The van der Waals surface area contributed by atoms with Crippen molar-refractivity contribution in [1.29, 1.82) is 0 Å². The lowest BCUT2D eigenvalue weighted by Gasteiger charge is -2.07. The number of fused-ring (bicyclic) bond motifs is 1. The van der Waals surface area contributed by atoms with E-state index in [0.29, 0.717) is 22.3 Å². The van der Waals surface area contributed by atoms with E-state index in [4.69, 9.17) is 0 Å². The van der Waals surface area contributed by atoms with Crippen LogP contribution in [0.1, 0.15) is 19.8 Å². The second kappa shape index (κ2) is 5.90. The first-order valence-electron chi connectivity index (χ1n) is 6.32. The lowest BCUT2D eigenvalue weighted by molar-refractivity contribution is 0.597. The molecule has 1 heterocycles. The van der Waals surface area contributed by atoms with E-state index in [-0.39, 0.29) is 10.1 Å². The molecule has 2 aromatic rings. The third-order valence-corrected chi connectivity index (χ3v) is 6.80.